The molecule has 5 heteroatoms. The van der Waals surface area contributed by atoms with Crippen LogP contribution in [0.1, 0.15) is 113 Å². The average Bonchev–Trinajstić information content (AvgIpc) is 2.40. The van der Waals surface area contributed by atoms with E-state index in [1.165, 1.54) is 16.8 Å². The first-order valence-corrected chi connectivity index (χ1v) is 11.7. The SMILES string of the molecule is CC(C)(C)O.CC(C)(C)O.CC(C)(C)O.CC(C)c1cccc(C(C)C)c1[N]=[Ta]. The summed E-state index contributed by atoms with van der Waals surface area (Å²) in [6, 6.07) is 6.55. The molecule has 0 saturated heterocycles. The van der Waals surface area contributed by atoms with E-state index >= 15 is 0 Å². The van der Waals surface area contributed by atoms with Crippen molar-refractivity contribution in [2.24, 2.45) is 3.34 Å². The minimum absolute atomic E-state index is 0.500. The molecular weight excluding hydrogens is 531 g/mol. The van der Waals surface area contributed by atoms with Crippen LogP contribution >= 0.6 is 0 Å². The number of hydrogen-bond acceptors (Lipinski definition) is 4. The average molecular weight is 579 g/mol. The fourth-order valence-electron chi connectivity index (χ4n) is 1.63. The van der Waals surface area contributed by atoms with E-state index < -0.39 is 16.8 Å². The molecule has 0 aliphatic rings. The zero-order chi connectivity index (χ0) is 24.2. The molecular formula is C24H47NO3Ta. The zero-order valence-corrected chi connectivity index (χ0v) is 24.3. The number of nitrogens with zero attached hydrogens (tertiary/aromatic N) is 1. The molecule has 3 N–H and O–H groups in total. The van der Waals surface area contributed by atoms with E-state index in [1.54, 1.807) is 62.3 Å². The van der Waals surface area contributed by atoms with Gasteiger partial charge in [-0.15, -0.1) is 0 Å². The van der Waals surface area contributed by atoms with Crippen LogP contribution in [0.25, 0.3) is 0 Å². The standard InChI is InChI=1S/C12H17N.3C4H10O.Ta/c1-8(2)10-6-5-7-11(9(3)4)12(10)13;3*1-4(2,3)5;/h5-9H,1-4H3;3*5H,1-3H3;. The Labute approximate surface area is 192 Å². The second-order valence-electron chi connectivity index (χ2n) is 10.7. The Hall–Kier alpha value is -0.360. The van der Waals surface area contributed by atoms with Gasteiger partial charge in [0.25, 0.3) is 0 Å². The van der Waals surface area contributed by atoms with Crippen LogP contribution in [0.15, 0.2) is 21.5 Å². The number of rotatable bonds is 3. The molecule has 0 fully saturated rings. The van der Waals surface area contributed by atoms with Gasteiger partial charge in [-0.05, 0) is 62.3 Å². The van der Waals surface area contributed by atoms with E-state index in [-0.39, 0.29) is 0 Å². The summed E-state index contributed by atoms with van der Waals surface area (Å²) in [5.74, 6) is 1.13. The molecule has 1 rings (SSSR count). The topological polar surface area (TPSA) is 73.0 Å². The number of aliphatic hydroxyl groups is 3. The molecule has 1 aromatic rings. The van der Waals surface area contributed by atoms with Crippen LogP contribution in [-0.2, 0) is 20.9 Å². The predicted molar refractivity (Wildman–Crippen MR) is 123 cm³/mol. The molecule has 0 atom stereocenters. The Morgan fingerprint density at radius 2 is 0.862 bits per heavy atom. The predicted octanol–water partition coefficient (Wildman–Crippen LogP) is 6.63. The Morgan fingerprint density at radius 3 is 1.00 bits per heavy atom. The first-order chi connectivity index (χ1) is 12.6. The van der Waals surface area contributed by atoms with Gasteiger partial charge in [0.05, 0.1) is 16.8 Å². The molecule has 0 spiro atoms. The number of benzene rings is 1. The third-order valence-electron chi connectivity index (χ3n) is 2.44. The summed E-state index contributed by atoms with van der Waals surface area (Å²) in [5.41, 5.74) is 2.52. The Kier molecular flexibility index (Phi) is 16.8. The molecule has 0 radical (unpaired) electrons. The van der Waals surface area contributed by atoms with Crippen LogP contribution in [0.2, 0.25) is 0 Å². The molecule has 4 nitrogen and oxygen atoms in total. The molecule has 0 heterocycles. The van der Waals surface area contributed by atoms with Gasteiger partial charge >= 0.3 is 98.8 Å². The van der Waals surface area contributed by atoms with Crippen molar-refractivity contribution in [3.63, 3.8) is 0 Å². The molecule has 0 amide bonds. The van der Waals surface area contributed by atoms with E-state index in [9.17, 15) is 0 Å². The third kappa shape index (κ3) is 32.5. The molecule has 0 aromatic heterocycles. The minimum atomic E-state index is -0.500. The normalized spacial score (nSPS) is 11.5. The van der Waals surface area contributed by atoms with Gasteiger partial charge in [-0.3, -0.25) is 0 Å². The Balaban J connectivity index is -0.000000373. The Bertz CT molecular complexity index is 490. The van der Waals surface area contributed by atoms with Crippen molar-refractivity contribution in [3.8, 4) is 0 Å². The monoisotopic (exact) mass is 578 g/mol. The summed E-state index contributed by atoms with van der Waals surface area (Å²) < 4.78 is 4.52. The molecule has 171 valence electrons. The first kappa shape index (κ1) is 33.3. The van der Waals surface area contributed by atoms with Crippen molar-refractivity contribution in [3.05, 3.63) is 29.3 Å². The molecule has 0 aliphatic carbocycles. The summed E-state index contributed by atoms with van der Waals surface area (Å²) in [6.45, 7) is 24.6. The molecule has 0 bridgehead atoms. The van der Waals surface area contributed by atoms with Crippen LogP contribution in [0.4, 0.5) is 5.69 Å². The van der Waals surface area contributed by atoms with Crippen molar-refractivity contribution in [1.82, 2.24) is 0 Å². The van der Waals surface area contributed by atoms with Crippen LogP contribution in [0, 0.1) is 0 Å². The summed E-state index contributed by atoms with van der Waals surface area (Å²) >= 11 is 1.09. The van der Waals surface area contributed by atoms with Crippen molar-refractivity contribution >= 4 is 5.69 Å². The maximum atomic E-state index is 8.52. The van der Waals surface area contributed by atoms with Crippen LogP contribution in [0.5, 0.6) is 0 Å². The molecule has 0 unspecified atom stereocenters. The van der Waals surface area contributed by atoms with Gasteiger partial charge < -0.3 is 15.3 Å². The van der Waals surface area contributed by atoms with E-state index in [2.05, 4.69) is 49.2 Å². The summed E-state index contributed by atoms with van der Waals surface area (Å²) in [7, 11) is 0. The van der Waals surface area contributed by atoms with Crippen molar-refractivity contribution in [2.45, 2.75) is 119 Å². The van der Waals surface area contributed by atoms with Gasteiger partial charge in [0.1, 0.15) is 0 Å². The molecule has 29 heavy (non-hydrogen) atoms. The first-order valence-electron chi connectivity index (χ1n) is 10.2. The van der Waals surface area contributed by atoms with Gasteiger partial charge in [-0.25, -0.2) is 0 Å². The second kappa shape index (κ2) is 14.6. The quantitative estimate of drug-likeness (QED) is 0.377. The van der Waals surface area contributed by atoms with E-state index in [4.69, 9.17) is 15.3 Å². The van der Waals surface area contributed by atoms with E-state index in [0.717, 1.165) is 20.9 Å². The summed E-state index contributed by atoms with van der Waals surface area (Å²) in [6.07, 6.45) is 0. The van der Waals surface area contributed by atoms with Gasteiger partial charge in [-0.2, -0.15) is 0 Å². The van der Waals surface area contributed by atoms with Crippen LogP contribution < -0.4 is 0 Å². The van der Waals surface area contributed by atoms with Crippen molar-refractivity contribution in [1.29, 1.82) is 0 Å². The second-order valence-corrected chi connectivity index (χ2v) is 11.4. The van der Waals surface area contributed by atoms with Gasteiger partial charge in [0.15, 0.2) is 0 Å². The van der Waals surface area contributed by atoms with E-state index in [0.29, 0.717) is 11.8 Å². The maximum absolute atomic E-state index is 8.52. The summed E-state index contributed by atoms with van der Waals surface area (Å²) in [5, 5.41) is 25.6. The third-order valence-corrected chi connectivity index (χ3v) is 3.16. The Morgan fingerprint density at radius 1 is 0.655 bits per heavy atom. The van der Waals surface area contributed by atoms with Gasteiger partial charge in [0.2, 0.25) is 0 Å². The zero-order valence-electron chi connectivity index (χ0n) is 21.1. The van der Waals surface area contributed by atoms with Gasteiger partial charge in [0, 0.05) is 0 Å². The fourth-order valence-corrected chi connectivity index (χ4v) is 2.46. The van der Waals surface area contributed by atoms with E-state index in [1.807, 2.05) is 0 Å². The molecule has 1 aromatic carbocycles. The molecule has 0 saturated carbocycles. The van der Waals surface area contributed by atoms with Crippen molar-refractivity contribution < 1.29 is 36.2 Å². The molecule has 0 aliphatic heterocycles. The van der Waals surface area contributed by atoms with Gasteiger partial charge in [-0.1, -0.05) is 0 Å². The number of hydrogen-bond donors (Lipinski definition) is 3. The van der Waals surface area contributed by atoms with Crippen LogP contribution in [-0.4, -0.2) is 32.1 Å². The summed E-state index contributed by atoms with van der Waals surface area (Å²) in [4.78, 5) is 0. The van der Waals surface area contributed by atoms with Crippen molar-refractivity contribution in [2.75, 3.05) is 0 Å². The van der Waals surface area contributed by atoms with Crippen LogP contribution in [0.3, 0.4) is 0 Å². The fraction of sp³-hybridized carbons (Fsp3) is 0.750.